The average Bonchev–Trinajstić information content (AvgIpc) is 3.79. The molecule has 0 aliphatic rings. The summed E-state index contributed by atoms with van der Waals surface area (Å²) < 4.78 is 5.16. The second-order valence-electron chi connectivity index (χ2n) is 18.8. The zero-order valence-corrected chi connectivity index (χ0v) is 31.7. The van der Waals surface area contributed by atoms with Gasteiger partial charge in [0.15, 0.2) is 0 Å². The van der Waals surface area contributed by atoms with Gasteiger partial charge in [-0.05, 0) is 115 Å². The first-order valence-corrected chi connectivity index (χ1v) is 18.9. The van der Waals surface area contributed by atoms with Crippen LogP contribution in [0.1, 0.15) is 79.0 Å². The third kappa shape index (κ3) is 3.85. The van der Waals surface area contributed by atoms with Crippen molar-refractivity contribution < 1.29 is 0 Å². The quantitative estimate of drug-likeness (QED) is 0.152. The standard InChI is InChI=1S/C50H44N2/c1-48(2,3)31-15-14-29-20-43-35(18-30(29)16-31)39-22-33(50(7,8)9)24-41-37-25-44-36(26-45(37)52(43)47(39)41)40-23-32(49(4,5)6)21-38-34-17-27-12-10-11-13-28(27)19-42(34)51(44)46(38)40/h10-26H,1-9H3. The van der Waals surface area contributed by atoms with Gasteiger partial charge in [-0.3, -0.25) is 0 Å². The van der Waals surface area contributed by atoms with Crippen molar-refractivity contribution in [1.82, 2.24) is 8.80 Å². The second kappa shape index (κ2) is 9.36. The van der Waals surface area contributed by atoms with E-state index in [1.54, 1.807) is 0 Å². The van der Waals surface area contributed by atoms with Crippen LogP contribution in [0.5, 0.6) is 0 Å². The van der Waals surface area contributed by atoms with E-state index in [2.05, 4.69) is 174 Å². The molecule has 2 heteroatoms. The second-order valence-corrected chi connectivity index (χ2v) is 18.8. The third-order valence-corrected chi connectivity index (χ3v) is 12.3. The number of nitrogens with zero attached hydrogens (tertiary/aromatic N) is 2. The highest BCUT2D eigenvalue weighted by Crippen LogP contribution is 2.48. The van der Waals surface area contributed by atoms with E-state index < -0.39 is 0 Å². The number of hydrogen-bond donors (Lipinski definition) is 0. The molecule has 4 heterocycles. The van der Waals surface area contributed by atoms with Crippen LogP contribution in [0.25, 0.3) is 97.7 Å². The number of hydrogen-bond acceptors (Lipinski definition) is 0. The van der Waals surface area contributed by atoms with Crippen LogP contribution in [0, 0.1) is 0 Å². The summed E-state index contributed by atoms with van der Waals surface area (Å²) in [4.78, 5) is 0. The minimum Gasteiger partial charge on any atom is -0.308 e. The van der Waals surface area contributed by atoms with Gasteiger partial charge in [-0.2, -0.15) is 0 Å². The molecule has 2 nitrogen and oxygen atoms in total. The van der Waals surface area contributed by atoms with Gasteiger partial charge in [0, 0.05) is 43.1 Å². The lowest BCUT2D eigenvalue weighted by Gasteiger charge is -2.20. The van der Waals surface area contributed by atoms with Crippen molar-refractivity contribution >= 4 is 97.7 Å². The summed E-state index contributed by atoms with van der Waals surface area (Å²) in [5.74, 6) is 0. The monoisotopic (exact) mass is 672 g/mol. The summed E-state index contributed by atoms with van der Waals surface area (Å²) in [5, 5.41) is 15.9. The predicted octanol–water partition coefficient (Wildman–Crippen LogP) is 14.2. The Kier molecular flexibility index (Phi) is 5.45. The zero-order valence-electron chi connectivity index (χ0n) is 31.7. The molecule has 0 N–H and O–H groups in total. The molecular formula is C50H44N2. The maximum Gasteiger partial charge on any atom is 0.0620 e. The van der Waals surface area contributed by atoms with Crippen molar-refractivity contribution in [1.29, 1.82) is 0 Å². The third-order valence-electron chi connectivity index (χ3n) is 12.3. The number of aromatic nitrogens is 2. The molecule has 7 aromatic carbocycles. The fraction of sp³-hybridized carbons (Fsp3) is 0.240. The molecule has 0 unspecified atom stereocenters. The highest BCUT2D eigenvalue weighted by Gasteiger charge is 2.27. The maximum absolute atomic E-state index is 2.59. The first-order valence-electron chi connectivity index (χ1n) is 18.9. The summed E-state index contributed by atoms with van der Waals surface area (Å²) in [6.45, 7) is 21.0. The van der Waals surface area contributed by atoms with Crippen molar-refractivity contribution in [2.24, 2.45) is 0 Å². The van der Waals surface area contributed by atoms with Crippen LogP contribution in [0.3, 0.4) is 0 Å². The molecule has 0 radical (unpaired) electrons. The molecule has 0 saturated heterocycles. The van der Waals surface area contributed by atoms with Crippen molar-refractivity contribution in [2.45, 2.75) is 78.6 Å². The summed E-state index contributed by atoms with van der Waals surface area (Å²) >= 11 is 0. The van der Waals surface area contributed by atoms with E-state index in [0.29, 0.717) is 0 Å². The van der Waals surface area contributed by atoms with Gasteiger partial charge in [0.2, 0.25) is 0 Å². The average molecular weight is 673 g/mol. The van der Waals surface area contributed by atoms with Crippen LogP contribution in [-0.4, -0.2) is 8.80 Å². The van der Waals surface area contributed by atoms with Crippen molar-refractivity contribution in [3.8, 4) is 0 Å². The molecule has 0 aliphatic heterocycles. The Bertz CT molecular complexity index is 3320. The lowest BCUT2D eigenvalue weighted by atomic mass is 9.84. The minimum absolute atomic E-state index is 0.0122. The predicted molar refractivity (Wildman–Crippen MR) is 227 cm³/mol. The number of fused-ring (bicyclic) bond motifs is 14. The van der Waals surface area contributed by atoms with Gasteiger partial charge in [-0.25, -0.2) is 0 Å². The summed E-state index contributed by atoms with van der Waals surface area (Å²) in [7, 11) is 0. The molecule has 0 spiro atoms. The fourth-order valence-corrected chi connectivity index (χ4v) is 9.34. The van der Waals surface area contributed by atoms with E-state index >= 15 is 0 Å². The van der Waals surface area contributed by atoms with E-state index in [1.165, 1.54) is 114 Å². The first-order chi connectivity index (χ1) is 24.6. The Morgan fingerprint density at radius 1 is 0.308 bits per heavy atom. The van der Waals surface area contributed by atoms with Crippen LogP contribution in [-0.2, 0) is 16.2 Å². The minimum atomic E-state index is 0.0122. The van der Waals surface area contributed by atoms with E-state index in [9.17, 15) is 0 Å². The Labute approximate surface area is 303 Å². The molecule has 0 amide bonds. The van der Waals surface area contributed by atoms with Gasteiger partial charge in [-0.1, -0.05) is 105 Å². The van der Waals surface area contributed by atoms with Crippen LogP contribution < -0.4 is 0 Å². The van der Waals surface area contributed by atoms with E-state index in [4.69, 9.17) is 0 Å². The molecule has 4 aromatic heterocycles. The van der Waals surface area contributed by atoms with Crippen molar-refractivity contribution in [3.05, 3.63) is 120 Å². The van der Waals surface area contributed by atoms with Crippen molar-refractivity contribution in [3.63, 3.8) is 0 Å². The Morgan fingerprint density at radius 2 is 0.673 bits per heavy atom. The SMILES string of the molecule is CC(C)(C)c1ccc2cc3c(cc2c1)c1cc(C(C)(C)C)cc2c4cc5c(cc4n3c12)c1cc(C(C)(C)C)cc2c3cc4ccccc4cc3n5c21. The van der Waals surface area contributed by atoms with Crippen LogP contribution in [0.15, 0.2) is 103 Å². The topological polar surface area (TPSA) is 8.82 Å². The van der Waals surface area contributed by atoms with Gasteiger partial charge < -0.3 is 8.80 Å². The molecule has 11 rings (SSSR count). The molecule has 0 atom stereocenters. The summed E-state index contributed by atoms with van der Waals surface area (Å²) in [5.41, 5.74) is 12.1. The molecular weight excluding hydrogens is 629 g/mol. The van der Waals surface area contributed by atoms with Gasteiger partial charge in [-0.15, -0.1) is 0 Å². The first kappa shape index (κ1) is 30.3. The lowest BCUT2D eigenvalue weighted by molar-refractivity contribution is 0.591. The maximum atomic E-state index is 2.59. The highest BCUT2D eigenvalue weighted by molar-refractivity contribution is 6.30. The largest absolute Gasteiger partial charge is 0.308 e. The van der Waals surface area contributed by atoms with Crippen LogP contribution >= 0.6 is 0 Å². The lowest BCUT2D eigenvalue weighted by Crippen LogP contribution is -2.10. The van der Waals surface area contributed by atoms with E-state index in [-0.39, 0.29) is 16.2 Å². The van der Waals surface area contributed by atoms with Crippen LogP contribution in [0.2, 0.25) is 0 Å². The zero-order chi connectivity index (χ0) is 35.8. The molecule has 52 heavy (non-hydrogen) atoms. The van der Waals surface area contributed by atoms with Gasteiger partial charge >= 0.3 is 0 Å². The highest BCUT2D eigenvalue weighted by atomic mass is 14.9. The molecule has 0 fully saturated rings. The van der Waals surface area contributed by atoms with E-state index in [0.717, 1.165) is 0 Å². The Morgan fingerprint density at radius 3 is 1.12 bits per heavy atom. The summed E-state index contributed by atoms with van der Waals surface area (Å²) in [6.07, 6.45) is 0. The smallest absolute Gasteiger partial charge is 0.0620 e. The molecule has 0 bridgehead atoms. The van der Waals surface area contributed by atoms with E-state index in [1.807, 2.05) is 0 Å². The van der Waals surface area contributed by atoms with Crippen molar-refractivity contribution in [2.75, 3.05) is 0 Å². The van der Waals surface area contributed by atoms with Crippen LogP contribution in [0.4, 0.5) is 0 Å². The molecule has 254 valence electrons. The molecule has 0 saturated carbocycles. The number of rotatable bonds is 0. The summed E-state index contributed by atoms with van der Waals surface area (Å²) in [6, 6.07) is 40.6. The number of benzene rings is 7. The van der Waals surface area contributed by atoms with Gasteiger partial charge in [0.1, 0.15) is 0 Å². The van der Waals surface area contributed by atoms with Gasteiger partial charge in [0.05, 0.1) is 33.1 Å². The Hall–Kier alpha value is -5.34. The van der Waals surface area contributed by atoms with Gasteiger partial charge in [0.25, 0.3) is 0 Å². The Balaban J connectivity index is 1.35. The normalized spacial score (nSPS) is 13.9. The molecule has 0 aliphatic carbocycles. The molecule has 11 aromatic rings. The fourth-order valence-electron chi connectivity index (χ4n) is 9.34.